The van der Waals surface area contributed by atoms with Crippen molar-refractivity contribution in [2.45, 2.75) is 32.2 Å². The van der Waals surface area contributed by atoms with Crippen LogP contribution in [0.1, 0.15) is 37.0 Å². The van der Waals surface area contributed by atoms with Gasteiger partial charge in [0.15, 0.2) is 11.5 Å². The van der Waals surface area contributed by atoms with Crippen molar-refractivity contribution < 1.29 is 4.79 Å². The summed E-state index contributed by atoms with van der Waals surface area (Å²) in [6.07, 6.45) is 3.84. The second-order valence-corrected chi connectivity index (χ2v) is 8.97. The second-order valence-electron chi connectivity index (χ2n) is 8.97. The molecular weight excluding hydrogens is 378 g/mol. The Morgan fingerprint density at radius 1 is 1.13 bits per heavy atom. The molecule has 0 atom stereocenters. The highest BCUT2D eigenvalue weighted by atomic mass is 16.2. The van der Waals surface area contributed by atoms with Gasteiger partial charge in [-0.2, -0.15) is 4.52 Å². The van der Waals surface area contributed by atoms with Crippen LogP contribution in [-0.2, 0) is 5.41 Å². The summed E-state index contributed by atoms with van der Waals surface area (Å²) in [5.74, 6) is 1.75. The fourth-order valence-corrected chi connectivity index (χ4v) is 3.84. The van der Waals surface area contributed by atoms with Gasteiger partial charge < -0.3 is 14.2 Å². The van der Waals surface area contributed by atoms with E-state index in [1.165, 1.54) is 0 Å². The molecule has 8 heteroatoms. The molecule has 1 saturated heterocycles. The lowest BCUT2D eigenvalue weighted by molar-refractivity contribution is 0.0705. The zero-order valence-electron chi connectivity index (χ0n) is 17.6. The van der Waals surface area contributed by atoms with Crippen LogP contribution in [0.2, 0.25) is 0 Å². The summed E-state index contributed by atoms with van der Waals surface area (Å²) in [6.45, 7) is 7.80. The van der Waals surface area contributed by atoms with Crippen LogP contribution in [0.3, 0.4) is 0 Å². The molecule has 0 unspecified atom stereocenters. The largest absolute Gasteiger partial charge is 0.351 e. The SMILES string of the molecule is CN(C(=O)c1cc2ccccn2c1)C1CN(c2ccc3nnc(C(C)(C)C)n3n2)C1. The molecule has 0 N–H and O–H groups in total. The number of aromatic nitrogens is 5. The molecule has 1 aliphatic heterocycles. The van der Waals surface area contributed by atoms with Crippen LogP contribution in [0.15, 0.2) is 48.8 Å². The zero-order valence-corrected chi connectivity index (χ0v) is 17.6. The van der Waals surface area contributed by atoms with Crippen molar-refractivity contribution in [3.8, 4) is 0 Å². The molecule has 0 radical (unpaired) electrons. The number of carbonyl (C=O) groups excluding carboxylic acids is 1. The number of amides is 1. The number of pyridine rings is 1. The Hall–Kier alpha value is -3.42. The summed E-state index contributed by atoms with van der Waals surface area (Å²) >= 11 is 0. The second kappa shape index (κ2) is 6.55. The maximum absolute atomic E-state index is 12.9. The molecule has 5 rings (SSSR count). The minimum Gasteiger partial charge on any atom is -0.351 e. The first kappa shape index (κ1) is 18.6. The highest BCUT2D eigenvalue weighted by Crippen LogP contribution is 2.25. The van der Waals surface area contributed by atoms with Crippen LogP contribution in [0, 0.1) is 0 Å². The molecule has 30 heavy (non-hydrogen) atoms. The van der Waals surface area contributed by atoms with Crippen molar-refractivity contribution in [3.63, 3.8) is 0 Å². The maximum atomic E-state index is 12.9. The number of nitrogens with zero attached hydrogens (tertiary/aromatic N) is 7. The van der Waals surface area contributed by atoms with E-state index in [2.05, 4.69) is 35.9 Å². The van der Waals surface area contributed by atoms with Gasteiger partial charge in [0.05, 0.1) is 11.6 Å². The summed E-state index contributed by atoms with van der Waals surface area (Å²) in [4.78, 5) is 17.0. The Labute approximate surface area is 174 Å². The fraction of sp³-hybridized carbons (Fsp3) is 0.364. The number of fused-ring (bicyclic) bond motifs is 2. The summed E-state index contributed by atoms with van der Waals surface area (Å²) < 4.78 is 3.80. The van der Waals surface area contributed by atoms with E-state index < -0.39 is 0 Å². The molecule has 4 aromatic heterocycles. The van der Waals surface area contributed by atoms with Gasteiger partial charge in [-0.05, 0) is 30.3 Å². The summed E-state index contributed by atoms with van der Waals surface area (Å²) in [6, 6.07) is 11.9. The van der Waals surface area contributed by atoms with Gasteiger partial charge in [-0.1, -0.05) is 26.8 Å². The normalized spacial score (nSPS) is 15.0. The van der Waals surface area contributed by atoms with Crippen LogP contribution in [0.25, 0.3) is 11.2 Å². The van der Waals surface area contributed by atoms with E-state index in [1.54, 1.807) is 0 Å². The lowest BCUT2D eigenvalue weighted by Gasteiger charge is -2.44. The first-order valence-electron chi connectivity index (χ1n) is 10.1. The van der Waals surface area contributed by atoms with E-state index in [1.807, 2.05) is 69.7 Å². The highest BCUT2D eigenvalue weighted by Gasteiger charge is 2.34. The van der Waals surface area contributed by atoms with Gasteiger partial charge in [-0.3, -0.25) is 4.79 Å². The third-order valence-corrected chi connectivity index (χ3v) is 5.73. The molecule has 0 bridgehead atoms. The maximum Gasteiger partial charge on any atom is 0.255 e. The Balaban J connectivity index is 1.31. The van der Waals surface area contributed by atoms with Crippen molar-refractivity contribution in [2.75, 3.05) is 25.0 Å². The Morgan fingerprint density at radius 3 is 2.67 bits per heavy atom. The number of likely N-dealkylation sites (N-methyl/N-ethyl adjacent to an activating group) is 1. The average Bonchev–Trinajstić information content (AvgIpc) is 3.29. The highest BCUT2D eigenvalue weighted by molar-refractivity contribution is 5.95. The monoisotopic (exact) mass is 403 g/mol. The molecule has 4 aromatic rings. The lowest BCUT2D eigenvalue weighted by Crippen LogP contribution is -2.60. The van der Waals surface area contributed by atoms with Crippen LogP contribution < -0.4 is 4.90 Å². The smallest absolute Gasteiger partial charge is 0.255 e. The topological polar surface area (TPSA) is 71.0 Å². The summed E-state index contributed by atoms with van der Waals surface area (Å²) in [5, 5.41) is 13.3. The van der Waals surface area contributed by atoms with Crippen LogP contribution in [0.4, 0.5) is 5.82 Å². The van der Waals surface area contributed by atoms with E-state index >= 15 is 0 Å². The molecule has 0 spiro atoms. The molecule has 1 amide bonds. The molecule has 0 aromatic carbocycles. The molecule has 8 nitrogen and oxygen atoms in total. The molecular formula is C22H25N7O. The van der Waals surface area contributed by atoms with Gasteiger partial charge in [-0.15, -0.1) is 15.3 Å². The predicted molar refractivity (Wildman–Crippen MR) is 115 cm³/mol. The van der Waals surface area contributed by atoms with Crippen molar-refractivity contribution in [2.24, 2.45) is 0 Å². The van der Waals surface area contributed by atoms with Crippen molar-refractivity contribution in [1.82, 2.24) is 29.1 Å². The van der Waals surface area contributed by atoms with E-state index in [0.29, 0.717) is 5.56 Å². The molecule has 5 heterocycles. The molecule has 1 fully saturated rings. The van der Waals surface area contributed by atoms with E-state index in [9.17, 15) is 4.79 Å². The fourth-order valence-electron chi connectivity index (χ4n) is 3.84. The molecule has 154 valence electrons. The van der Waals surface area contributed by atoms with Gasteiger partial charge >= 0.3 is 0 Å². The Morgan fingerprint density at radius 2 is 1.93 bits per heavy atom. The quantitative estimate of drug-likeness (QED) is 0.526. The van der Waals surface area contributed by atoms with Gasteiger partial charge in [0.2, 0.25) is 0 Å². The first-order valence-corrected chi connectivity index (χ1v) is 10.1. The standard InChI is InChI=1S/C22H25N7O/c1-22(2,3)21-24-23-18-8-9-19(25-29(18)21)28-13-17(14-28)26(4)20(30)15-11-16-7-5-6-10-27(16)12-15/h5-12,17H,13-14H2,1-4H3. The van der Waals surface area contributed by atoms with Gasteiger partial charge in [0.1, 0.15) is 5.82 Å². The van der Waals surface area contributed by atoms with Gasteiger partial charge in [0.25, 0.3) is 5.91 Å². The number of rotatable bonds is 3. The van der Waals surface area contributed by atoms with Gasteiger partial charge in [0, 0.05) is 43.5 Å². The third-order valence-electron chi connectivity index (χ3n) is 5.73. The van der Waals surface area contributed by atoms with E-state index in [4.69, 9.17) is 5.10 Å². The third kappa shape index (κ3) is 2.99. The summed E-state index contributed by atoms with van der Waals surface area (Å²) in [5.41, 5.74) is 2.33. The minimum absolute atomic E-state index is 0.0422. The minimum atomic E-state index is -0.143. The number of hydrogen-bond donors (Lipinski definition) is 0. The van der Waals surface area contributed by atoms with E-state index in [-0.39, 0.29) is 17.4 Å². The van der Waals surface area contributed by atoms with Crippen molar-refractivity contribution in [1.29, 1.82) is 0 Å². The first-order chi connectivity index (χ1) is 14.3. The summed E-state index contributed by atoms with van der Waals surface area (Å²) in [7, 11) is 1.88. The number of carbonyl (C=O) groups is 1. The number of hydrogen-bond acceptors (Lipinski definition) is 5. The van der Waals surface area contributed by atoms with Gasteiger partial charge in [-0.25, -0.2) is 0 Å². The molecule has 0 aliphatic carbocycles. The predicted octanol–water partition coefficient (Wildman–Crippen LogP) is 2.64. The van der Waals surface area contributed by atoms with Crippen LogP contribution in [-0.4, -0.2) is 61.2 Å². The molecule has 1 aliphatic rings. The van der Waals surface area contributed by atoms with Crippen LogP contribution >= 0.6 is 0 Å². The average molecular weight is 403 g/mol. The van der Waals surface area contributed by atoms with Crippen molar-refractivity contribution in [3.05, 3.63) is 60.2 Å². The van der Waals surface area contributed by atoms with E-state index in [0.717, 1.165) is 35.9 Å². The van der Waals surface area contributed by atoms with Crippen LogP contribution in [0.5, 0.6) is 0 Å². The number of anilines is 1. The molecule has 0 saturated carbocycles. The Kier molecular flexibility index (Phi) is 4.06. The lowest BCUT2D eigenvalue weighted by atomic mass is 9.96. The Bertz CT molecular complexity index is 1210. The van der Waals surface area contributed by atoms with Crippen molar-refractivity contribution >= 4 is 22.9 Å². The zero-order chi connectivity index (χ0) is 21.0.